The zero-order valence-corrected chi connectivity index (χ0v) is 14.2. The van der Waals surface area contributed by atoms with Crippen molar-refractivity contribution < 1.29 is 8.42 Å². The topological polar surface area (TPSA) is 72.2 Å². The molecule has 1 aromatic carbocycles. The highest BCUT2D eigenvalue weighted by atomic mass is 32.2. The van der Waals surface area contributed by atoms with E-state index < -0.39 is 10.0 Å². The molecule has 1 aliphatic rings. The molecule has 0 aliphatic heterocycles. The molecule has 1 saturated carbocycles. The number of thioether (sulfide) groups is 1. The average molecular weight is 329 g/mol. The maximum Gasteiger partial charge on any atom is 0.240 e. The lowest BCUT2D eigenvalue weighted by atomic mass is 10.1. The Balaban J connectivity index is 2.19. The molecule has 3 N–H and O–H groups in total. The van der Waals surface area contributed by atoms with Gasteiger partial charge in [-0.1, -0.05) is 25.5 Å². The van der Waals surface area contributed by atoms with E-state index in [-0.39, 0.29) is 12.1 Å². The van der Waals surface area contributed by atoms with E-state index in [2.05, 4.69) is 4.72 Å². The van der Waals surface area contributed by atoms with Crippen molar-refractivity contribution in [1.29, 1.82) is 0 Å². The predicted molar refractivity (Wildman–Crippen MR) is 88.9 cm³/mol. The summed E-state index contributed by atoms with van der Waals surface area (Å²) >= 11 is 1.74. The SMILES string of the molecule is CCC(N)c1cccc(S(=O)(=O)NC2CCCC2SC)c1. The molecular weight excluding hydrogens is 304 g/mol. The Bertz CT molecular complexity index is 575. The van der Waals surface area contributed by atoms with Crippen LogP contribution >= 0.6 is 11.8 Å². The molecule has 0 spiro atoms. The summed E-state index contributed by atoms with van der Waals surface area (Å²) in [5.74, 6) is 0. The van der Waals surface area contributed by atoms with Crippen LogP contribution in [0, 0.1) is 0 Å². The monoisotopic (exact) mass is 328 g/mol. The van der Waals surface area contributed by atoms with Crippen molar-refractivity contribution in [3.8, 4) is 0 Å². The minimum atomic E-state index is -3.47. The average Bonchev–Trinajstić information content (AvgIpc) is 2.93. The van der Waals surface area contributed by atoms with Gasteiger partial charge in [0.2, 0.25) is 10.0 Å². The fourth-order valence-electron chi connectivity index (χ4n) is 2.76. The Labute approximate surface area is 131 Å². The van der Waals surface area contributed by atoms with Crippen LogP contribution in [0.2, 0.25) is 0 Å². The lowest BCUT2D eigenvalue weighted by Gasteiger charge is -2.19. The van der Waals surface area contributed by atoms with Crippen LogP contribution in [-0.2, 0) is 10.0 Å². The molecule has 0 heterocycles. The van der Waals surface area contributed by atoms with Crippen molar-refractivity contribution in [2.45, 2.75) is 54.8 Å². The second kappa shape index (κ2) is 7.13. The van der Waals surface area contributed by atoms with Crippen LogP contribution in [0.3, 0.4) is 0 Å². The lowest BCUT2D eigenvalue weighted by molar-refractivity contribution is 0.555. The van der Waals surface area contributed by atoms with Gasteiger partial charge in [0.25, 0.3) is 0 Å². The number of hydrogen-bond acceptors (Lipinski definition) is 4. The van der Waals surface area contributed by atoms with Gasteiger partial charge in [-0.15, -0.1) is 0 Å². The van der Waals surface area contributed by atoms with Gasteiger partial charge in [0.1, 0.15) is 0 Å². The number of rotatable bonds is 6. The molecule has 3 unspecified atom stereocenters. The van der Waals surface area contributed by atoms with Crippen molar-refractivity contribution in [1.82, 2.24) is 4.72 Å². The molecule has 1 fully saturated rings. The molecule has 1 aromatic rings. The molecule has 0 amide bonds. The quantitative estimate of drug-likeness (QED) is 0.842. The fraction of sp³-hybridized carbons (Fsp3) is 0.600. The van der Waals surface area contributed by atoms with Gasteiger partial charge >= 0.3 is 0 Å². The first-order chi connectivity index (χ1) is 9.97. The highest BCUT2D eigenvalue weighted by molar-refractivity contribution is 7.99. The smallest absolute Gasteiger partial charge is 0.240 e. The maximum absolute atomic E-state index is 12.6. The van der Waals surface area contributed by atoms with Crippen LogP contribution in [0.1, 0.15) is 44.2 Å². The summed E-state index contributed by atoms with van der Waals surface area (Å²) in [4.78, 5) is 0.315. The Morgan fingerprint density at radius 1 is 1.43 bits per heavy atom. The van der Waals surface area contributed by atoms with E-state index in [1.165, 1.54) is 0 Å². The van der Waals surface area contributed by atoms with Gasteiger partial charge in [-0.2, -0.15) is 11.8 Å². The molecular formula is C15H24N2O2S2. The summed E-state index contributed by atoms with van der Waals surface area (Å²) in [5, 5.41) is 0.376. The highest BCUT2D eigenvalue weighted by Gasteiger charge is 2.30. The molecule has 0 saturated heterocycles. The highest BCUT2D eigenvalue weighted by Crippen LogP contribution is 2.29. The summed E-state index contributed by atoms with van der Waals surface area (Å²) in [5.41, 5.74) is 6.86. The Morgan fingerprint density at radius 2 is 2.19 bits per heavy atom. The fourth-order valence-corrected chi connectivity index (χ4v) is 5.15. The van der Waals surface area contributed by atoms with Gasteiger partial charge < -0.3 is 5.73 Å². The number of benzene rings is 1. The number of sulfonamides is 1. The van der Waals surface area contributed by atoms with Gasteiger partial charge in [-0.05, 0) is 43.2 Å². The first-order valence-corrected chi connectivity index (χ1v) is 10.2. The van der Waals surface area contributed by atoms with Gasteiger partial charge in [0.05, 0.1) is 4.90 Å². The first-order valence-electron chi connectivity index (χ1n) is 7.38. The third-order valence-electron chi connectivity index (χ3n) is 4.10. The molecule has 0 aromatic heterocycles. The Morgan fingerprint density at radius 3 is 2.86 bits per heavy atom. The van der Waals surface area contributed by atoms with Crippen molar-refractivity contribution in [3.05, 3.63) is 29.8 Å². The molecule has 0 bridgehead atoms. The second-order valence-electron chi connectivity index (χ2n) is 5.52. The van der Waals surface area contributed by atoms with Crippen LogP contribution in [0.15, 0.2) is 29.2 Å². The lowest BCUT2D eigenvalue weighted by Crippen LogP contribution is -2.38. The van der Waals surface area contributed by atoms with Crippen LogP contribution in [-0.4, -0.2) is 26.0 Å². The first kappa shape index (κ1) is 16.8. The molecule has 2 rings (SSSR count). The number of nitrogens with one attached hydrogen (secondary N) is 1. The summed E-state index contributed by atoms with van der Waals surface area (Å²) in [7, 11) is -3.47. The maximum atomic E-state index is 12.6. The van der Waals surface area contributed by atoms with Crippen molar-refractivity contribution in [2.24, 2.45) is 5.73 Å². The summed E-state index contributed by atoms with van der Waals surface area (Å²) in [6, 6.07) is 6.89. The summed E-state index contributed by atoms with van der Waals surface area (Å²) in [6.07, 6.45) is 5.90. The second-order valence-corrected chi connectivity index (χ2v) is 8.31. The van der Waals surface area contributed by atoms with Gasteiger partial charge in [0.15, 0.2) is 0 Å². The van der Waals surface area contributed by atoms with E-state index in [1.54, 1.807) is 30.0 Å². The molecule has 21 heavy (non-hydrogen) atoms. The third-order valence-corrected chi connectivity index (χ3v) is 6.76. The molecule has 118 valence electrons. The van der Waals surface area contributed by atoms with Crippen molar-refractivity contribution >= 4 is 21.8 Å². The van der Waals surface area contributed by atoms with Gasteiger partial charge in [-0.25, -0.2) is 13.1 Å². The molecule has 3 atom stereocenters. The van der Waals surface area contributed by atoms with E-state index >= 15 is 0 Å². The predicted octanol–water partition coefficient (Wildman–Crippen LogP) is 2.66. The molecule has 0 radical (unpaired) electrons. The van der Waals surface area contributed by atoms with E-state index in [4.69, 9.17) is 5.73 Å². The molecule has 4 nitrogen and oxygen atoms in total. The van der Waals surface area contributed by atoms with E-state index in [0.717, 1.165) is 31.2 Å². The van der Waals surface area contributed by atoms with Crippen LogP contribution in [0.25, 0.3) is 0 Å². The normalized spacial score (nSPS) is 24.1. The van der Waals surface area contributed by atoms with Crippen LogP contribution in [0.4, 0.5) is 0 Å². The Hall–Kier alpha value is -0.560. The third kappa shape index (κ3) is 4.00. The number of nitrogens with two attached hydrogens (primary N) is 1. The van der Waals surface area contributed by atoms with Crippen molar-refractivity contribution in [2.75, 3.05) is 6.26 Å². The minimum absolute atomic E-state index is 0.0357. The van der Waals surface area contributed by atoms with E-state index in [9.17, 15) is 8.42 Å². The zero-order chi connectivity index (χ0) is 15.5. The largest absolute Gasteiger partial charge is 0.324 e. The van der Waals surface area contributed by atoms with Gasteiger partial charge in [0, 0.05) is 17.3 Å². The standard InChI is InChI=1S/C15H24N2O2S2/c1-3-13(16)11-6-4-7-12(10-11)21(18,19)17-14-8-5-9-15(14)20-2/h4,6-7,10,13-15,17H,3,5,8-9,16H2,1-2H3. The molecule has 6 heteroatoms. The van der Waals surface area contributed by atoms with E-state index in [1.807, 2.05) is 19.2 Å². The minimum Gasteiger partial charge on any atom is -0.324 e. The summed E-state index contributed by atoms with van der Waals surface area (Å²) in [6.45, 7) is 1.99. The van der Waals surface area contributed by atoms with E-state index in [0.29, 0.717) is 10.1 Å². The number of hydrogen-bond donors (Lipinski definition) is 2. The van der Waals surface area contributed by atoms with Crippen LogP contribution < -0.4 is 10.5 Å². The summed E-state index contributed by atoms with van der Waals surface area (Å²) < 4.78 is 28.0. The zero-order valence-electron chi connectivity index (χ0n) is 12.6. The van der Waals surface area contributed by atoms with Gasteiger partial charge in [-0.3, -0.25) is 0 Å². The Kier molecular flexibility index (Phi) is 5.71. The van der Waals surface area contributed by atoms with Crippen molar-refractivity contribution in [3.63, 3.8) is 0 Å². The molecule has 1 aliphatic carbocycles. The van der Waals surface area contributed by atoms with Crippen LogP contribution in [0.5, 0.6) is 0 Å².